The predicted molar refractivity (Wildman–Crippen MR) is 75.8 cm³/mol. The van der Waals surface area contributed by atoms with E-state index in [4.69, 9.17) is 14.2 Å². The van der Waals surface area contributed by atoms with E-state index in [-0.39, 0.29) is 0 Å². The number of ether oxygens (including phenoxy) is 3. The molecule has 0 fully saturated rings. The van der Waals surface area contributed by atoms with Crippen molar-refractivity contribution in [2.45, 2.75) is 13.5 Å². The lowest BCUT2D eigenvalue weighted by molar-refractivity contribution is 0.0670. The molecule has 2 rings (SSSR count). The van der Waals surface area contributed by atoms with E-state index in [1.165, 1.54) is 10.9 Å². The summed E-state index contributed by atoms with van der Waals surface area (Å²) in [6.07, 6.45) is 2.08. The molecule has 2 aromatic rings. The van der Waals surface area contributed by atoms with Crippen LogP contribution in [0, 0.1) is 0 Å². The molecule has 1 heterocycles. The Morgan fingerprint density at radius 1 is 1.11 bits per heavy atom. The minimum Gasteiger partial charge on any atom is -0.494 e. The fraction of sp³-hybridized carbons (Fsp3) is 0.467. The average Bonchev–Trinajstić information content (AvgIpc) is 2.82. The standard InChI is InChI=1S/C15H21NO3/c1-3-19-14-4-5-15-13(12-14)6-7-16(15)8-9-18-11-10-17-2/h4-7,12H,3,8-11H2,1-2H3. The molecule has 1 aromatic heterocycles. The van der Waals surface area contributed by atoms with Crippen LogP contribution in [0.2, 0.25) is 0 Å². The number of fused-ring (bicyclic) bond motifs is 1. The van der Waals surface area contributed by atoms with Crippen molar-refractivity contribution in [2.75, 3.05) is 33.5 Å². The number of aromatic nitrogens is 1. The van der Waals surface area contributed by atoms with Crippen molar-refractivity contribution < 1.29 is 14.2 Å². The molecule has 0 saturated heterocycles. The van der Waals surface area contributed by atoms with Crippen LogP contribution in [0.3, 0.4) is 0 Å². The second-order valence-corrected chi connectivity index (χ2v) is 4.27. The Labute approximate surface area is 113 Å². The third kappa shape index (κ3) is 3.72. The van der Waals surface area contributed by atoms with Gasteiger partial charge in [0.05, 0.1) is 26.4 Å². The predicted octanol–water partition coefficient (Wildman–Crippen LogP) is 2.70. The maximum Gasteiger partial charge on any atom is 0.120 e. The molecule has 0 aliphatic rings. The number of rotatable bonds is 8. The second-order valence-electron chi connectivity index (χ2n) is 4.27. The largest absolute Gasteiger partial charge is 0.494 e. The SMILES string of the molecule is CCOc1ccc2c(ccn2CCOCCOC)c1. The molecule has 0 amide bonds. The van der Waals surface area contributed by atoms with Gasteiger partial charge in [-0.05, 0) is 31.2 Å². The summed E-state index contributed by atoms with van der Waals surface area (Å²) in [6, 6.07) is 8.28. The number of benzene rings is 1. The van der Waals surface area contributed by atoms with E-state index in [9.17, 15) is 0 Å². The fourth-order valence-corrected chi connectivity index (χ4v) is 2.04. The molecule has 4 nitrogen and oxygen atoms in total. The fourth-order valence-electron chi connectivity index (χ4n) is 2.04. The molecule has 19 heavy (non-hydrogen) atoms. The van der Waals surface area contributed by atoms with Crippen LogP contribution in [0.15, 0.2) is 30.5 Å². The minimum absolute atomic E-state index is 0.643. The van der Waals surface area contributed by atoms with Gasteiger partial charge in [0.1, 0.15) is 5.75 Å². The van der Waals surface area contributed by atoms with E-state index in [0.717, 1.165) is 12.3 Å². The van der Waals surface area contributed by atoms with Crippen molar-refractivity contribution in [3.05, 3.63) is 30.5 Å². The van der Waals surface area contributed by atoms with Gasteiger partial charge < -0.3 is 18.8 Å². The van der Waals surface area contributed by atoms with Gasteiger partial charge in [0.25, 0.3) is 0 Å². The smallest absolute Gasteiger partial charge is 0.120 e. The molecule has 0 bridgehead atoms. The van der Waals surface area contributed by atoms with Crippen LogP contribution in [-0.4, -0.2) is 38.1 Å². The Kier molecular flexibility index (Phi) is 5.24. The van der Waals surface area contributed by atoms with Crippen molar-refractivity contribution in [1.29, 1.82) is 0 Å². The molecule has 104 valence electrons. The van der Waals surface area contributed by atoms with E-state index in [1.807, 2.05) is 13.0 Å². The molecule has 0 atom stereocenters. The lowest BCUT2D eigenvalue weighted by Crippen LogP contribution is -2.08. The van der Waals surface area contributed by atoms with Gasteiger partial charge in [-0.15, -0.1) is 0 Å². The summed E-state index contributed by atoms with van der Waals surface area (Å²) in [4.78, 5) is 0. The van der Waals surface area contributed by atoms with Crippen LogP contribution in [0.5, 0.6) is 5.75 Å². The Morgan fingerprint density at radius 2 is 2.00 bits per heavy atom. The summed E-state index contributed by atoms with van der Waals surface area (Å²) >= 11 is 0. The third-order valence-corrected chi connectivity index (χ3v) is 2.96. The van der Waals surface area contributed by atoms with Crippen LogP contribution in [0.25, 0.3) is 10.9 Å². The molecular weight excluding hydrogens is 242 g/mol. The third-order valence-electron chi connectivity index (χ3n) is 2.96. The van der Waals surface area contributed by atoms with Gasteiger partial charge in [-0.2, -0.15) is 0 Å². The highest BCUT2D eigenvalue weighted by Gasteiger charge is 2.02. The topological polar surface area (TPSA) is 32.6 Å². The maximum absolute atomic E-state index is 5.50. The quantitative estimate of drug-likeness (QED) is 0.686. The summed E-state index contributed by atoms with van der Waals surface area (Å²) in [5.74, 6) is 0.920. The summed E-state index contributed by atoms with van der Waals surface area (Å²) in [5, 5.41) is 1.20. The highest BCUT2D eigenvalue weighted by molar-refractivity contribution is 5.81. The molecule has 4 heteroatoms. The monoisotopic (exact) mass is 263 g/mol. The molecule has 0 aliphatic heterocycles. The van der Waals surface area contributed by atoms with Crippen molar-refractivity contribution >= 4 is 10.9 Å². The Balaban J connectivity index is 1.96. The maximum atomic E-state index is 5.50. The Hall–Kier alpha value is -1.52. The Bertz CT molecular complexity index is 507. The average molecular weight is 263 g/mol. The van der Waals surface area contributed by atoms with E-state index in [2.05, 4.69) is 29.0 Å². The summed E-state index contributed by atoms with van der Waals surface area (Å²) in [7, 11) is 1.68. The van der Waals surface area contributed by atoms with Crippen LogP contribution in [-0.2, 0) is 16.0 Å². The zero-order valence-electron chi connectivity index (χ0n) is 11.6. The lowest BCUT2D eigenvalue weighted by atomic mass is 10.2. The van der Waals surface area contributed by atoms with Crippen LogP contribution < -0.4 is 4.74 Å². The number of hydrogen-bond donors (Lipinski definition) is 0. The van der Waals surface area contributed by atoms with Crippen molar-refractivity contribution in [3.63, 3.8) is 0 Å². The van der Waals surface area contributed by atoms with E-state index >= 15 is 0 Å². The van der Waals surface area contributed by atoms with Gasteiger partial charge in [0.15, 0.2) is 0 Å². The van der Waals surface area contributed by atoms with E-state index in [1.54, 1.807) is 7.11 Å². The second kappa shape index (κ2) is 7.16. The van der Waals surface area contributed by atoms with Crippen LogP contribution in [0.1, 0.15) is 6.92 Å². The first-order chi connectivity index (χ1) is 9.35. The molecule has 0 aliphatic carbocycles. The normalized spacial score (nSPS) is 11.1. The molecule has 0 unspecified atom stereocenters. The molecule has 0 radical (unpaired) electrons. The van der Waals surface area contributed by atoms with Gasteiger partial charge in [-0.3, -0.25) is 0 Å². The summed E-state index contributed by atoms with van der Waals surface area (Å²) < 4.78 is 18.1. The van der Waals surface area contributed by atoms with Gasteiger partial charge in [-0.1, -0.05) is 0 Å². The highest BCUT2D eigenvalue weighted by atomic mass is 16.5. The first kappa shape index (κ1) is 13.9. The van der Waals surface area contributed by atoms with Gasteiger partial charge in [0, 0.05) is 30.8 Å². The molecular formula is C15H21NO3. The minimum atomic E-state index is 0.643. The number of hydrogen-bond acceptors (Lipinski definition) is 3. The number of methoxy groups -OCH3 is 1. The Morgan fingerprint density at radius 3 is 2.79 bits per heavy atom. The van der Waals surface area contributed by atoms with Crippen molar-refractivity contribution in [1.82, 2.24) is 4.57 Å². The molecule has 0 N–H and O–H groups in total. The van der Waals surface area contributed by atoms with Gasteiger partial charge >= 0.3 is 0 Å². The molecule has 0 saturated carbocycles. The van der Waals surface area contributed by atoms with Gasteiger partial charge in [-0.25, -0.2) is 0 Å². The van der Waals surface area contributed by atoms with Crippen LogP contribution >= 0.6 is 0 Å². The zero-order valence-corrected chi connectivity index (χ0v) is 11.6. The first-order valence-corrected chi connectivity index (χ1v) is 6.63. The van der Waals surface area contributed by atoms with Gasteiger partial charge in [0.2, 0.25) is 0 Å². The van der Waals surface area contributed by atoms with Crippen molar-refractivity contribution in [3.8, 4) is 5.75 Å². The van der Waals surface area contributed by atoms with E-state index in [0.29, 0.717) is 26.4 Å². The van der Waals surface area contributed by atoms with Crippen LogP contribution in [0.4, 0.5) is 0 Å². The zero-order chi connectivity index (χ0) is 13.5. The lowest BCUT2D eigenvalue weighted by Gasteiger charge is -2.07. The first-order valence-electron chi connectivity index (χ1n) is 6.63. The van der Waals surface area contributed by atoms with Crippen molar-refractivity contribution in [2.24, 2.45) is 0 Å². The molecule has 0 spiro atoms. The summed E-state index contributed by atoms with van der Waals surface area (Å²) in [6.45, 7) is 5.52. The number of nitrogens with zero attached hydrogens (tertiary/aromatic N) is 1. The molecule has 1 aromatic carbocycles. The summed E-state index contributed by atoms with van der Waals surface area (Å²) in [5.41, 5.74) is 1.21. The van der Waals surface area contributed by atoms with E-state index < -0.39 is 0 Å². The highest BCUT2D eigenvalue weighted by Crippen LogP contribution is 2.22.